The molecule has 6 heteroatoms. The second-order valence-corrected chi connectivity index (χ2v) is 6.68. The first-order chi connectivity index (χ1) is 12.0. The first-order valence-corrected chi connectivity index (χ1v) is 8.77. The fourth-order valence-electron chi connectivity index (χ4n) is 3.44. The van der Waals surface area contributed by atoms with Crippen LogP contribution in [0.25, 0.3) is 0 Å². The van der Waals surface area contributed by atoms with E-state index in [-0.39, 0.29) is 17.6 Å². The van der Waals surface area contributed by atoms with Gasteiger partial charge in [-0.2, -0.15) is 0 Å². The summed E-state index contributed by atoms with van der Waals surface area (Å²) in [6.07, 6.45) is 5.13. The summed E-state index contributed by atoms with van der Waals surface area (Å²) in [7, 11) is 1.87. The maximum absolute atomic E-state index is 12.7. The molecule has 0 unspecified atom stereocenters. The maximum atomic E-state index is 12.7. The number of hydrogen-bond acceptors (Lipinski definition) is 4. The monoisotopic (exact) mass is 343 g/mol. The molecule has 6 nitrogen and oxygen atoms in total. The molecule has 1 fully saturated rings. The van der Waals surface area contributed by atoms with Crippen LogP contribution in [0.3, 0.4) is 0 Å². The summed E-state index contributed by atoms with van der Waals surface area (Å²) < 4.78 is 1.83. The van der Waals surface area contributed by atoms with Crippen LogP contribution in [0, 0.1) is 5.92 Å². The zero-order valence-electron chi connectivity index (χ0n) is 14.7. The molecule has 25 heavy (non-hydrogen) atoms. The first kappa shape index (κ1) is 17.5. The third-order valence-electron chi connectivity index (χ3n) is 5.10. The van der Waals surface area contributed by atoms with Crippen molar-refractivity contribution in [3.05, 3.63) is 47.5 Å². The van der Waals surface area contributed by atoms with Crippen molar-refractivity contribution in [1.29, 1.82) is 0 Å². The van der Waals surface area contributed by atoms with Crippen LogP contribution in [0.1, 0.15) is 47.6 Å². The SMILES string of the molecule is CCc1ccc(C(=O)N2CCC([C@H](O)c3nccn3C)CC2)c(O)c1. The number of aromatic nitrogens is 2. The van der Waals surface area contributed by atoms with Gasteiger partial charge in [0, 0.05) is 32.5 Å². The van der Waals surface area contributed by atoms with Gasteiger partial charge < -0.3 is 19.7 Å². The van der Waals surface area contributed by atoms with E-state index in [1.54, 1.807) is 23.2 Å². The quantitative estimate of drug-likeness (QED) is 0.893. The van der Waals surface area contributed by atoms with E-state index in [4.69, 9.17) is 0 Å². The Morgan fingerprint density at radius 1 is 1.36 bits per heavy atom. The van der Waals surface area contributed by atoms with Crippen molar-refractivity contribution in [2.75, 3.05) is 13.1 Å². The highest BCUT2D eigenvalue weighted by atomic mass is 16.3. The molecule has 2 N–H and O–H groups in total. The van der Waals surface area contributed by atoms with Crippen LogP contribution in [-0.4, -0.2) is 43.7 Å². The molecular weight excluding hydrogens is 318 g/mol. The molecule has 0 spiro atoms. The molecule has 0 radical (unpaired) electrons. The number of carbonyl (C=O) groups excluding carboxylic acids is 1. The molecule has 134 valence electrons. The van der Waals surface area contributed by atoms with Crippen LogP contribution < -0.4 is 0 Å². The lowest BCUT2D eigenvalue weighted by molar-refractivity contribution is 0.0418. The number of aliphatic hydroxyl groups is 1. The zero-order valence-corrected chi connectivity index (χ0v) is 14.7. The van der Waals surface area contributed by atoms with Crippen molar-refractivity contribution in [2.45, 2.75) is 32.3 Å². The van der Waals surface area contributed by atoms with Gasteiger partial charge in [-0.05, 0) is 42.9 Å². The second kappa shape index (κ2) is 7.27. The summed E-state index contributed by atoms with van der Waals surface area (Å²) in [5.41, 5.74) is 1.35. The lowest BCUT2D eigenvalue weighted by atomic mass is 9.90. The van der Waals surface area contributed by atoms with Gasteiger partial charge in [0.15, 0.2) is 0 Å². The summed E-state index contributed by atoms with van der Waals surface area (Å²) >= 11 is 0. The molecule has 1 saturated heterocycles. The number of benzene rings is 1. The predicted octanol–water partition coefficient (Wildman–Crippen LogP) is 2.27. The highest BCUT2D eigenvalue weighted by molar-refractivity contribution is 5.97. The minimum absolute atomic E-state index is 0.0412. The van der Waals surface area contributed by atoms with E-state index in [0.717, 1.165) is 12.0 Å². The van der Waals surface area contributed by atoms with Crippen LogP contribution in [-0.2, 0) is 13.5 Å². The Balaban J connectivity index is 1.64. The summed E-state index contributed by atoms with van der Waals surface area (Å²) in [4.78, 5) is 18.6. The minimum Gasteiger partial charge on any atom is -0.507 e. The number of carbonyl (C=O) groups is 1. The minimum atomic E-state index is -0.616. The van der Waals surface area contributed by atoms with Gasteiger partial charge >= 0.3 is 0 Å². The van der Waals surface area contributed by atoms with E-state index >= 15 is 0 Å². The summed E-state index contributed by atoms with van der Waals surface area (Å²) in [6.45, 7) is 3.15. The van der Waals surface area contributed by atoms with E-state index < -0.39 is 6.10 Å². The molecule has 0 aliphatic carbocycles. The standard InChI is InChI=1S/C19H25N3O3/c1-3-13-4-5-15(16(23)12-13)19(25)22-9-6-14(7-10-22)17(24)18-20-8-11-21(18)2/h4-5,8,11-12,14,17,23-24H,3,6-7,9-10H2,1-2H3/t17-/m0/s1. The van der Waals surface area contributed by atoms with Crippen LogP contribution in [0.2, 0.25) is 0 Å². The van der Waals surface area contributed by atoms with Crippen molar-refractivity contribution in [1.82, 2.24) is 14.5 Å². The fourth-order valence-corrected chi connectivity index (χ4v) is 3.44. The van der Waals surface area contributed by atoms with Gasteiger partial charge in [-0.3, -0.25) is 4.79 Å². The Morgan fingerprint density at radius 2 is 2.08 bits per heavy atom. The predicted molar refractivity (Wildman–Crippen MR) is 94.3 cm³/mol. The summed E-state index contributed by atoms with van der Waals surface area (Å²) in [5.74, 6) is 0.642. The average molecular weight is 343 g/mol. The fraction of sp³-hybridized carbons (Fsp3) is 0.474. The lowest BCUT2D eigenvalue weighted by Crippen LogP contribution is -2.40. The summed E-state index contributed by atoms with van der Waals surface area (Å²) in [5, 5.41) is 20.7. The van der Waals surface area contributed by atoms with Crippen molar-refractivity contribution in [2.24, 2.45) is 13.0 Å². The number of aliphatic hydroxyl groups excluding tert-OH is 1. The van der Waals surface area contributed by atoms with E-state index in [2.05, 4.69) is 4.98 Å². The van der Waals surface area contributed by atoms with Gasteiger partial charge in [0.25, 0.3) is 5.91 Å². The van der Waals surface area contributed by atoms with Crippen molar-refractivity contribution < 1.29 is 15.0 Å². The number of phenols is 1. The molecule has 1 aromatic carbocycles. The number of aryl methyl sites for hydroxylation is 2. The Kier molecular flexibility index (Phi) is 5.08. The van der Waals surface area contributed by atoms with Gasteiger partial charge in [0.1, 0.15) is 17.7 Å². The molecule has 0 saturated carbocycles. The number of amides is 1. The third kappa shape index (κ3) is 3.54. The second-order valence-electron chi connectivity index (χ2n) is 6.68. The number of nitrogens with zero attached hydrogens (tertiary/aromatic N) is 3. The topological polar surface area (TPSA) is 78.6 Å². The average Bonchev–Trinajstić information content (AvgIpc) is 3.06. The number of piperidine rings is 1. The normalized spacial score (nSPS) is 16.8. The maximum Gasteiger partial charge on any atom is 0.257 e. The van der Waals surface area contributed by atoms with Crippen molar-refractivity contribution >= 4 is 5.91 Å². The zero-order chi connectivity index (χ0) is 18.0. The third-order valence-corrected chi connectivity index (χ3v) is 5.10. The highest BCUT2D eigenvalue weighted by Crippen LogP contribution is 2.31. The molecule has 1 aliphatic rings. The number of rotatable bonds is 4. The molecular formula is C19H25N3O3. The Labute approximate surface area is 147 Å². The van der Waals surface area contributed by atoms with Gasteiger partial charge in [0.05, 0.1) is 5.56 Å². The van der Waals surface area contributed by atoms with Crippen molar-refractivity contribution in [3.8, 4) is 5.75 Å². The number of likely N-dealkylation sites (tertiary alicyclic amines) is 1. The van der Waals surface area contributed by atoms with Crippen LogP contribution >= 0.6 is 0 Å². The van der Waals surface area contributed by atoms with Gasteiger partial charge in [0.2, 0.25) is 0 Å². The Hall–Kier alpha value is -2.34. The molecule has 1 amide bonds. The van der Waals surface area contributed by atoms with Crippen LogP contribution in [0.15, 0.2) is 30.6 Å². The highest BCUT2D eigenvalue weighted by Gasteiger charge is 2.31. The molecule has 3 rings (SSSR count). The smallest absolute Gasteiger partial charge is 0.257 e. The Bertz CT molecular complexity index is 748. The van der Waals surface area contributed by atoms with E-state index in [0.29, 0.717) is 37.3 Å². The molecule has 1 aliphatic heterocycles. The lowest BCUT2D eigenvalue weighted by Gasteiger charge is -2.34. The number of phenolic OH excluding ortho intramolecular Hbond substituents is 1. The molecule has 1 atom stereocenters. The van der Waals surface area contributed by atoms with Crippen LogP contribution in [0.4, 0.5) is 0 Å². The molecule has 1 aromatic heterocycles. The van der Waals surface area contributed by atoms with Crippen molar-refractivity contribution in [3.63, 3.8) is 0 Å². The number of aromatic hydroxyl groups is 1. The van der Waals surface area contributed by atoms with Gasteiger partial charge in [-0.25, -0.2) is 4.98 Å². The van der Waals surface area contributed by atoms with E-state index in [1.165, 1.54) is 0 Å². The number of imidazole rings is 1. The Morgan fingerprint density at radius 3 is 2.64 bits per heavy atom. The van der Waals surface area contributed by atoms with E-state index in [9.17, 15) is 15.0 Å². The summed E-state index contributed by atoms with van der Waals surface area (Å²) in [6, 6.07) is 5.24. The largest absolute Gasteiger partial charge is 0.507 e. The van der Waals surface area contributed by atoms with E-state index in [1.807, 2.05) is 30.8 Å². The van der Waals surface area contributed by atoms with Gasteiger partial charge in [-0.1, -0.05) is 13.0 Å². The van der Waals surface area contributed by atoms with Gasteiger partial charge in [-0.15, -0.1) is 0 Å². The first-order valence-electron chi connectivity index (χ1n) is 8.77. The molecule has 0 bridgehead atoms. The number of hydrogen-bond donors (Lipinski definition) is 2. The molecule has 2 heterocycles. The molecule has 2 aromatic rings. The van der Waals surface area contributed by atoms with Crippen LogP contribution in [0.5, 0.6) is 5.75 Å².